The van der Waals surface area contributed by atoms with Crippen LogP contribution in [0, 0.1) is 0 Å². The number of hydrogen-bond acceptors (Lipinski definition) is 10. The molecule has 0 fully saturated rings. The zero-order valence-electron chi connectivity index (χ0n) is 16.0. The summed E-state index contributed by atoms with van der Waals surface area (Å²) in [5.74, 6) is -0.120. The number of halogens is 2. The van der Waals surface area contributed by atoms with Crippen LogP contribution in [0.4, 0.5) is 5.95 Å². The van der Waals surface area contributed by atoms with Crippen LogP contribution in [0.3, 0.4) is 0 Å². The van der Waals surface area contributed by atoms with Gasteiger partial charge in [0.05, 0.1) is 12.9 Å². The summed E-state index contributed by atoms with van der Waals surface area (Å²) < 4.78 is 48.9. The molecule has 2 aromatic heterocycles. The van der Waals surface area contributed by atoms with Crippen molar-refractivity contribution in [2.75, 3.05) is 18.7 Å². The van der Waals surface area contributed by atoms with Gasteiger partial charge in [-0.25, -0.2) is 9.29 Å². The second-order valence-electron chi connectivity index (χ2n) is 6.52. The van der Waals surface area contributed by atoms with Gasteiger partial charge in [0.25, 0.3) is 8.27 Å². The zero-order chi connectivity index (χ0) is 24.8. The van der Waals surface area contributed by atoms with Crippen molar-refractivity contribution in [3.63, 3.8) is 0 Å². The molecule has 16 nitrogen and oxygen atoms in total. The van der Waals surface area contributed by atoms with E-state index in [0.29, 0.717) is 0 Å². The molecule has 1 aliphatic heterocycles. The number of nitrogens with two attached hydrogens (primary N) is 1. The molecule has 0 bridgehead atoms. The molecule has 184 valence electrons. The van der Waals surface area contributed by atoms with E-state index in [-0.39, 0.29) is 23.7 Å². The Kier molecular flexibility index (Phi) is 7.63. The van der Waals surface area contributed by atoms with Gasteiger partial charge < -0.3 is 34.8 Å². The highest BCUT2D eigenvalue weighted by Crippen LogP contribution is 2.81. The molecule has 3 heterocycles. The van der Waals surface area contributed by atoms with Crippen LogP contribution < -0.4 is 11.3 Å². The largest absolute Gasteiger partial charge is 0.375 e. The monoisotopic (exact) mass is 657 g/mol. The minimum absolute atomic E-state index is 0.0395. The molecule has 4 atom stereocenters. The minimum atomic E-state index is -5.40. The first-order valence-electron chi connectivity index (χ1n) is 8.47. The second kappa shape index (κ2) is 9.37. The molecule has 1 aliphatic rings. The first kappa shape index (κ1) is 26.9. The van der Waals surface area contributed by atoms with E-state index in [4.69, 9.17) is 25.0 Å². The van der Waals surface area contributed by atoms with Crippen LogP contribution in [0.15, 0.2) is 23.3 Å². The number of aromatic amines is 1. The van der Waals surface area contributed by atoms with Crippen LogP contribution in [0.2, 0.25) is 0 Å². The average Bonchev–Trinajstić information content (AvgIpc) is 3.26. The van der Waals surface area contributed by atoms with Crippen molar-refractivity contribution in [1.82, 2.24) is 19.5 Å². The van der Waals surface area contributed by atoms with Crippen molar-refractivity contribution >= 4 is 71.8 Å². The fraction of sp³-hybridized carbons (Fsp3) is 0.417. The summed E-state index contributed by atoms with van der Waals surface area (Å²) in [5, 5.41) is 0. The molecule has 0 aliphatic carbocycles. The summed E-state index contributed by atoms with van der Waals surface area (Å²) in [6, 6.07) is 0. The summed E-state index contributed by atoms with van der Waals surface area (Å²) in [5.41, 5.74) is 5.21. The van der Waals surface area contributed by atoms with Crippen molar-refractivity contribution in [3.05, 3.63) is 28.8 Å². The number of H-pyrrole nitrogens is 1. The standard InChI is InChI=1S/C12H16Br2N5O11P3/c13-12(14,32(23,24)25)33(26,27)30-31(21,22)5-28-3-6-1-2-7(29-6)19-4-16-8-9(19)17-11(15)18-10(8)20/h1-2,4,6-7H,3,5H2,(H,21,22)(H,26,27)(H2,23,24,25)(H3,15,17,18,20)/t6-,7+/m0/s1. The van der Waals surface area contributed by atoms with E-state index in [1.165, 1.54) is 10.9 Å². The van der Waals surface area contributed by atoms with Crippen LogP contribution >= 0.6 is 54.6 Å². The molecule has 0 amide bonds. The number of hydrogen-bond donors (Lipinski definition) is 6. The molecule has 0 saturated heterocycles. The molecule has 0 saturated carbocycles. The molecule has 33 heavy (non-hydrogen) atoms. The second-order valence-corrected chi connectivity index (χ2v) is 18.4. The first-order chi connectivity index (χ1) is 15.0. The fourth-order valence-corrected chi connectivity index (χ4v) is 7.68. The van der Waals surface area contributed by atoms with Gasteiger partial charge in [0.15, 0.2) is 17.4 Å². The number of aromatic nitrogens is 4. The van der Waals surface area contributed by atoms with Crippen molar-refractivity contribution in [3.8, 4) is 0 Å². The maximum Gasteiger partial charge on any atom is 0.375 e. The Morgan fingerprint density at radius 1 is 1.24 bits per heavy atom. The van der Waals surface area contributed by atoms with Gasteiger partial charge in [0.1, 0.15) is 12.5 Å². The van der Waals surface area contributed by atoms with Gasteiger partial charge in [-0.15, -0.1) is 0 Å². The minimum Gasteiger partial charge on any atom is -0.369 e. The highest BCUT2D eigenvalue weighted by atomic mass is 79.9. The van der Waals surface area contributed by atoms with E-state index < -0.39 is 49.7 Å². The van der Waals surface area contributed by atoms with Crippen LogP contribution in [0.1, 0.15) is 6.23 Å². The summed E-state index contributed by atoms with van der Waals surface area (Å²) in [6.07, 6.45) is 1.85. The van der Waals surface area contributed by atoms with Crippen LogP contribution in [0.5, 0.6) is 0 Å². The number of ether oxygens (including phenoxy) is 2. The van der Waals surface area contributed by atoms with Crippen LogP contribution in [-0.4, -0.2) is 60.9 Å². The number of imidazole rings is 1. The number of rotatable bonds is 9. The van der Waals surface area contributed by atoms with Gasteiger partial charge in [-0.3, -0.25) is 28.0 Å². The molecule has 0 spiro atoms. The third-order valence-corrected chi connectivity index (χ3v) is 14.8. The van der Waals surface area contributed by atoms with Crippen LogP contribution in [0.25, 0.3) is 11.2 Å². The molecule has 2 unspecified atom stereocenters. The molecule has 21 heteroatoms. The van der Waals surface area contributed by atoms with Crippen molar-refractivity contribution in [2.45, 2.75) is 15.0 Å². The molecular formula is C12H16Br2N5O11P3. The fourth-order valence-electron chi connectivity index (χ4n) is 2.57. The number of nitrogens with zero attached hydrogens (tertiary/aromatic N) is 3. The van der Waals surface area contributed by atoms with Crippen molar-refractivity contribution in [1.29, 1.82) is 0 Å². The number of nitrogens with one attached hydrogen (secondary N) is 1. The number of alkyl halides is 2. The Morgan fingerprint density at radius 2 is 1.91 bits per heavy atom. The summed E-state index contributed by atoms with van der Waals surface area (Å²) in [7, 11) is -15.7. The summed E-state index contributed by atoms with van der Waals surface area (Å²) in [6.45, 7) is -0.300. The smallest absolute Gasteiger partial charge is 0.369 e. The first-order valence-corrected chi connectivity index (χ1v) is 15.0. The number of fused-ring (bicyclic) bond motifs is 1. The Labute approximate surface area is 200 Å². The van der Waals surface area contributed by atoms with E-state index in [0.717, 1.165) is 0 Å². The van der Waals surface area contributed by atoms with Gasteiger partial charge in [-0.2, -0.15) is 4.98 Å². The Morgan fingerprint density at radius 3 is 2.55 bits per heavy atom. The Balaban J connectivity index is 1.59. The molecular weight excluding hydrogens is 643 g/mol. The van der Waals surface area contributed by atoms with E-state index in [9.17, 15) is 28.3 Å². The zero-order valence-corrected chi connectivity index (χ0v) is 21.8. The lowest BCUT2D eigenvalue weighted by atomic mass is 10.4. The molecule has 2 aromatic rings. The summed E-state index contributed by atoms with van der Waals surface area (Å²) in [4.78, 5) is 60.0. The molecule has 7 N–H and O–H groups in total. The van der Waals surface area contributed by atoms with E-state index in [1.54, 1.807) is 12.2 Å². The van der Waals surface area contributed by atoms with Crippen molar-refractivity contribution in [2.24, 2.45) is 0 Å². The van der Waals surface area contributed by atoms with E-state index in [1.807, 2.05) is 0 Å². The van der Waals surface area contributed by atoms with Gasteiger partial charge in [0.2, 0.25) is 5.95 Å². The third kappa shape index (κ3) is 5.74. The third-order valence-electron chi connectivity index (χ3n) is 3.99. The predicted molar refractivity (Wildman–Crippen MR) is 120 cm³/mol. The van der Waals surface area contributed by atoms with E-state index in [2.05, 4.69) is 51.1 Å². The van der Waals surface area contributed by atoms with Gasteiger partial charge >= 0.3 is 22.8 Å². The molecule has 0 radical (unpaired) electrons. The number of nitrogen functional groups attached to an aromatic ring is 1. The summed E-state index contributed by atoms with van der Waals surface area (Å²) >= 11 is 4.64. The lowest BCUT2D eigenvalue weighted by Gasteiger charge is -2.27. The lowest BCUT2D eigenvalue weighted by molar-refractivity contribution is -0.0215. The van der Waals surface area contributed by atoms with Crippen molar-refractivity contribution < 1.29 is 47.1 Å². The van der Waals surface area contributed by atoms with Gasteiger partial charge in [-0.1, -0.05) is 6.08 Å². The van der Waals surface area contributed by atoms with Crippen LogP contribution in [-0.2, 0) is 27.5 Å². The normalized spacial score (nSPS) is 23.0. The average molecular weight is 659 g/mol. The maximum atomic E-state index is 12.1. The number of anilines is 1. The quantitative estimate of drug-likeness (QED) is 0.125. The highest BCUT2D eigenvalue weighted by Gasteiger charge is 2.60. The molecule has 3 rings (SSSR count). The molecule has 0 aromatic carbocycles. The highest BCUT2D eigenvalue weighted by molar-refractivity contribution is 9.29. The van der Waals surface area contributed by atoms with Gasteiger partial charge in [0, 0.05) is 0 Å². The lowest BCUT2D eigenvalue weighted by Crippen LogP contribution is -2.19. The Hall–Kier alpha value is -0.740. The maximum absolute atomic E-state index is 12.1. The Bertz CT molecular complexity index is 1290. The predicted octanol–water partition coefficient (Wildman–Crippen LogP) is 1.10. The van der Waals surface area contributed by atoms with E-state index >= 15 is 0 Å². The van der Waals surface area contributed by atoms with Gasteiger partial charge in [-0.05, 0) is 37.9 Å². The topological polar surface area (TPSA) is 249 Å². The SMILES string of the molecule is Nc1nc2c(ncn2[C@H]2C=C[C@@H](COCP(=O)(O)OP(=O)(O)C(Br)(Br)P(=O)(O)O)O2)c(=O)[nH]1.